The van der Waals surface area contributed by atoms with Crippen LogP contribution < -0.4 is 0 Å². The smallest absolute Gasteiger partial charge is 0.307 e. The summed E-state index contributed by atoms with van der Waals surface area (Å²) in [6.07, 6.45) is 6.94. The van der Waals surface area contributed by atoms with Gasteiger partial charge in [-0.3, -0.25) is 4.79 Å². The number of aromatic nitrogens is 3. The lowest BCUT2D eigenvalue weighted by Crippen LogP contribution is -2.26. The SMILES string of the molecule is CC(C)n1cnnc1[C@@H]1CC=CC[C@@H]1C(=O)O. The number of allylic oxidation sites excluding steroid dienone is 2. The molecule has 2 atom stereocenters. The zero-order valence-electron chi connectivity index (χ0n) is 10.1. The molecule has 1 aromatic heterocycles. The molecule has 1 aliphatic carbocycles. The predicted octanol–water partition coefficient (Wildman–Crippen LogP) is 1.99. The molecule has 0 unspecified atom stereocenters. The van der Waals surface area contributed by atoms with Crippen LogP contribution in [0.4, 0.5) is 0 Å². The van der Waals surface area contributed by atoms with E-state index < -0.39 is 5.97 Å². The third kappa shape index (κ3) is 2.23. The van der Waals surface area contributed by atoms with Gasteiger partial charge in [-0.15, -0.1) is 10.2 Å². The van der Waals surface area contributed by atoms with E-state index in [-0.39, 0.29) is 17.9 Å². The van der Waals surface area contributed by atoms with E-state index in [1.165, 1.54) is 0 Å². The molecule has 0 aromatic carbocycles. The molecule has 0 bridgehead atoms. The Morgan fingerprint density at radius 2 is 2.18 bits per heavy atom. The van der Waals surface area contributed by atoms with Gasteiger partial charge >= 0.3 is 5.97 Å². The van der Waals surface area contributed by atoms with Crippen LogP contribution in [0.5, 0.6) is 0 Å². The van der Waals surface area contributed by atoms with Crippen LogP contribution in [0.15, 0.2) is 18.5 Å². The van der Waals surface area contributed by atoms with Gasteiger partial charge in [-0.2, -0.15) is 0 Å². The molecular formula is C12H17N3O2. The molecule has 0 radical (unpaired) electrons. The molecule has 1 heterocycles. The second kappa shape index (κ2) is 4.69. The first-order chi connectivity index (χ1) is 8.11. The Hall–Kier alpha value is -1.65. The summed E-state index contributed by atoms with van der Waals surface area (Å²) >= 11 is 0. The third-order valence-electron chi connectivity index (χ3n) is 3.24. The quantitative estimate of drug-likeness (QED) is 0.813. The summed E-state index contributed by atoms with van der Waals surface area (Å²) in [6.45, 7) is 4.09. The molecule has 92 valence electrons. The van der Waals surface area contributed by atoms with Crippen LogP contribution in [0, 0.1) is 5.92 Å². The minimum atomic E-state index is -0.752. The molecule has 2 rings (SSSR count). The van der Waals surface area contributed by atoms with E-state index in [4.69, 9.17) is 0 Å². The average molecular weight is 235 g/mol. The predicted molar refractivity (Wildman–Crippen MR) is 62.6 cm³/mol. The van der Waals surface area contributed by atoms with Crippen LogP contribution in [0.25, 0.3) is 0 Å². The Balaban J connectivity index is 2.34. The highest BCUT2D eigenvalue weighted by molar-refractivity contribution is 5.71. The maximum Gasteiger partial charge on any atom is 0.307 e. The van der Waals surface area contributed by atoms with E-state index in [1.54, 1.807) is 6.33 Å². The van der Waals surface area contributed by atoms with Crippen molar-refractivity contribution in [3.8, 4) is 0 Å². The first-order valence-corrected chi connectivity index (χ1v) is 5.88. The molecule has 17 heavy (non-hydrogen) atoms. The molecule has 1 aromatic rings. The number of carboxylic acids is 1. The first-order valence-electron chi connectivity index (χ1n) is 5.88. The topological polar surface area (TPSA) is 68.0 Å². The fourth-order valence-electron chi connectivity index (χ4n) is 2.29. The van der Waals surface area contributed by atoms with Crippen LogP contribution >= 0.6 is 0 Å². The van der Waals surface area contributed by atoms with Crippen LogP contribution in [0.2, 0.25) is 0 Å². The minimum absolute atomic E-state index is 0.0672. The van der Waals surface area contributed by atoms with E-state index in [9.17, 15) is 9.90 Å². The Kier molecular flexibility index (Phi) is 3.26. The number of hydrogen-bond acceptors (Lipinski definition) is 3. The third-order valence-corrected chi connectivity index (χ3v) is 3.24. The number of hydrogen-bond donors (Lipinski definition) is 1. The molecule has 0 saturated heterocycles. The normalized spacial score (nSPS) is 24.2. The number of nitrogens with zero attached hydrogens (tertiary/aromatic N) is 3. The van der Waals surface area contributed by atoms with Crippen molar-refractivity contribution < 1.29 is 9.90 Å². The van der Waals surface area contributed by atoms with Gasteiger partial charge < -0.3 is 9.67 Å². The monoisotopic (exact) mass is 235 g/mol. The van der Waals surface area contributed by atoms with Crippen molar-refractivity contribution >= 4 is 5.97 Å². The first kappa shape index (κ1) is 11.8. The molecule has 5 nitrogen and oxygen atoms in total. The summed E-state index contributed by atoms with van der Waals surface area (Å²) in [5, 5.41) is 17.3. The molecular weight excluding hydrogens is 218 g/mol. The zero-order valence-corrected chi connectivity index (χ0v) is 10.1. The van der Waals surface area contributed by atoms with Crippen molar-refractivity contribution in [3.05, 3.63) is 24.3 Å². The lowest BCUT2D eigenvalue weighted by molar-refractivity contribution is -0.142. The van der Waals surface area contributed by atoms with Crippen molar-refractivity contribution in [2.45, 2.75) is 38.6 Å². The lowest BCUT2D eigenvalue weighted by Gasteiger charge is -2.25. The highest BCUT2D eigenvalue weighted by Gasteiger charge is 2.33. The van der Waals surface area contributed by atoms with E-state index in [0.717, 1.165) is 12.2 Å². The van der Waals surface area contributed by atoms with Crippen LogP contribution in [0.3, 0.4) is 0 Å². The summed E-state index contributed by atoms with van der Waals surface area (Å²) in [5.74, 6) is -0.418. The van der Waals surface area contributed by atoms with Gasteiger partial charge in [-0.1, -0.05) is 12.2 Å². The van der Waals surface area contributed by atoms with Gasteiger partial charge in [0.2, 0.25) is 0 Å². The van der Waals surface area contributed by atoms with Crippen LogP contribution in [-0.2, 0) is 4.79 Å². The second-order valence-corrected chi connectivity index (χ2v) is 4.68. The van der Waals surface area contributed by atoms with Gasteiger partial charge in [0.15, 0.2) is 0 Å². The average Bonchev–Trinajstić information content (AvgIpc) is 2.77. The lowest BCUT2D eigenvalue weighted by atomic mass is 9.82. The zero-order chi connectivity index (χ0) is 12.4. The van der Waals surface area contributed by atoms with Crippen LogP contribution in [-0.4, -0.2) is 25.8 Å². The van der Waals surface area contributed by atoms with E-state index in [1.807, 2.05) is 30.6 Å². The van der Waals surface area contributed by atoms with Crippen molar-refractivity contribution in [3.63, 3.8) is 0 Å². The minimum Gasteiger partial charge on any atom is -0.481 e. The molecule has 0 aliphatic heterocycles. The molecule has 0 saturated carbocycles. The number of rotatable bonds is 3. The fraction of sp³-hybridized carbons (Fsp3) is 0.583. The van der Waals surface area contributed by atoms with E-state index >= 15 is 0 Å². The summed E-state index contributed by atoms with van der Waals surface area (Å²) in [6, 6.07) is 0.250. The van der Waals surface area contributed by atoms with Gasteiger partial charge in [0.25, 0.3) is 0 Å². The molecule has 1 N–H and O–H groups in total. The van der Waals surface area contributed by atoms with Gasteiger partial charge in [-0.05, 0) is 26.7 Å². The summed E-state index contributed by atoms with van der Waals surface area (Å²) < 4.78 is 1.96. The summed E-state index contributed by atoms with van der Waals surface area (Å²) in [4.78, 5) is 11.2. The molecule has 0 spiro atoms. The maximum absolute atomic E-state index is 11.2. The Labute approximate surface area is 100 Å². The van der Waals surface area contributed by atoms with Gasteiger partial charge in [0, 0.05) is 12.0 Å². The summed E-state index contributed by atoms with van der Waals surface area (Å²) in [7, 11) is 0. The van der Waals surface area contributed by atoms with Crippen molar-refractivity contribution in [1.29, 1.82) is 0 Å². The molecule has 5 heteroatoms. The maximum atomic E-state index is 11.2. The van der Waals surface area contributed by atoms with Gasteiger partial charge in [0.05, 0.1) is 5.92 Å². The molecule has 0 amide bonds. The van der Waals surface area contributed by atoms with Gasteiger partial charge in [0.1, 0.15) is 12.2 Å². The standard InChI is InChI=1S/C12H17N3O2/c1-8(2)15-7-13-14-11(15)9-5-3-4-6-10(9)12(16)17/h3-4,7-10H,5-6H2,1-2H3,(H,16,17)/t9-,10+/m1/s1. The number of carbonyl (C=O) groups is 1. The van der Waals surface area contributed by atoms with Crippen molar-refractivity contribution in [1.82, 2.24) is 14.8 Å². The fourth-order valence-corrected chi connectivity index (χ4v) is 2.29. The van der Waals surface area contributed by atoms with Crippen LogP contribution in [0.1, 0.15) is 44.5 Å². The molecule has 0 fully saturated rings. The Morgan fingerprint density at radius 1 is 1.47 bits per heavy atom. The van der Waals surface area contributed by atoms with E-state index in [2.05, 4.69) is 10.2 Å². The highest BCUT2D eigenvalue weighted by Crippen LogP contribution is 2.34. The molecule has 1 aliphatic rings. The number of aliphatic carboxylic acids is 1. The summed E-state index contributed by atoms with van der Waals surface area (Å²) in [5.41, 5.74) is 0. The van der Waals surface area contributed by atoms with E-state index in [0.29, 0.717) is 6.42 Å². The second-order valence-electron chi connectivity index (χ2n) is 4.68. The highest BCUT2D eigenvalue weighted by atomic mass is 16.4. The number of carboxylic acid groups (broad SMARTS) is 1. The Morgan fingerprint density at radius 3 is 2.82 bits per heavy atom. The van der Waals surface area contributed by atoms with Crippen molar-refractivity contribution in [2.24, 2.45) is 5.92 Å². The van der Waals surface area contributed by atoms with Gasteiger partial charge in [-0.25, -0.2) is 0 Å². The Bertz CT molecular complexity index is 437. The largest absolute Gasteiger partial charge is 0.481 e. The van der Waals surface area contributed by atoms with Crippen molar-refractivity contribution in [2.75, 3.05) is 0 Å².